The number of carbonyl (C=O) groups excluding carboxylic acids is 3. The van der Waals surface area contributed by atoms with Crippen LogP contribution in [0.5, 0.6) is 0 Å². The highest BCUT2D eigenvalue weighted by molar-refractivity contribution is 5.91. The summed E-state index contributed by atoms with van der Waals surface area (Å²) in [4.78, 5) is 37.4. The number of rotatable bonds is 10. The Morgan fingerprint density at radius 3 is 2.61 bits per heavy atom. The van der Waals surface area contributed by atoms with Crippen molar-refractivity contribution >= 4 is 17.9 Å². The first kappa shape index (κ1) is 31.1. The maximum absolute atomic E-state index is 12.8. The van der Waals surface area contributed by atoms with Crippen molar-refractivity contribution < 1.29 is 28.6 Å². The molecule has 0 amide bonds. The molecule has 0 radical (unpaired) electrons. The van der Waals surface area contributed by atoms with Crippen molar-refractivity contribution in [3.05, 3.63) is 59.7 Å². The van der Waals surface area contributed by atoms with Crippen LogP contribution in [0.25, 0.3) is 0 Å². The van der Waals surface area contributed by atoms with Crippen LogP contribution < -0.4 is 0 Å². The molecule has 5 aliphatic rings. The minimum atomic E-state index is -0.282. The lowest BCUT2D eigenvalue weighted by molar-refractivity contribution is -0.158. The Morgan fingerprint density at radius 2 is 1.89 bits per heavy atom. The molecule has 238 valence electrons. The van der Waals surface area contributed by atoms with E-state index in [2.05, 4.69) is 33.4 Å². The van der Waals surface area contributed by atoms with Gasteiger partial charge in [0, 0.05) is 17.9 Å². The Bertz CT molecular complexity index is 1360. The molecule has 1 saturated heterocycles. The van der Waals surface area contributed by atoms with Crippen molar-refractivity contribution in [2.24, 2.45) is 45.3 Å². The molecule has 0 N–H and O–H groups in total. The molecule has 0 unspecified atom stereocenters. The average molecular weight is 603 g/mol. The summed E-state index contributed by atoms with van der Waals surface area (Å²) in [7, 11) is 1.46. The van der Waals surface area contributed by atoms with Gasteiger partial charge in [-0.15, -0.1) is 0 Å². The summed E-state index contributed by atoms with van der Waals surface area (Å²) < 4.78 is 16.6. The van der Waals surface area contributed by atoms with E-state index >= 15 is 0 Å². The Morgan fingerprint density at radius 1 is 1.14 bits per heavy atom. The molecular formula is C38H50O6. The quantitative estimate of drug-likeness (QED) is 0.117. The molecule has 1 heterocycles. The zero-order chi connectivity index (χ0) is 31.5. The fraction of sp³-hybridized carbons (Fsp3) is 0.658. The summed E-state index contributed by atoms with van der Waals surface area (Å²) in [6.45, 7) is 14.1. The second-order valence-corrected chi connectivity index (χ2v) is 15.3. The summed E-state index contributed by atoms with van der Waals surface area (Å²) in [5, 5.41) is 0. The maximum Gasteiger partial charge on any atom is 0.338 e. The molecule has 6 nitrogen and oxygen atoms in total. The smallest absolute Gasteiger partial charge is 0.338 e. The second kappa shape index (κ2) is 11.2. The first-order valence-electron chi connectivity index (χ1n) is 16.8. The summed E-state index contributed by atoms with van der Waals surface area (Å²) in [6, 6.07) is 9.14. The van der Waals surface area contributed by atoms with Crippen LogP contribution in [0, 0.1) is 45.3 Å². The summed E-state index contributed by atoms with van der Waals surface area (Å²) >= 11 is 0. The van der Waals surface area contributed by atoms with Gasteiger partial charge in [-0.2, -0.15) is 0 Å². The SMILES string of the molecule is C=C1C(=O)O[C@@H]2C[C@@H]3[C@]4(CC[C@]5(C)[C@@H]([C@H](C)CC/C=C(\C)COC(=O)c6ccccc6)CC[C@@]35C)C[C@]4(CCC(=O)OC)[C@H]12. The number of esters is 3. The fourth-order valence-corrected chi connectivity index (χ4v) is 11.3. The molecule has 6 rings (SSSR count). The summed E-state index contributed by atoms with van der Waals surface area (Å²) in [5.41, 5.74) is 2.75. The maximum atomic E-state index is 12.8. The van der Waals surface area contributed by atoms with E-state index in [-0.39, 0.29) is 51.6 Å². The van der Waals surface area contributed by atoms with Crippen LogP contribution in [-0.2, 0) is 23.8 Å². The summed E-state index contributed by atoms with van der Waals surface area (Å²) in [6.07, 6.45) is 12.1. The van der Waals surface area contributed by atoms with E-state index in [0.717, 1.165) is 44.1 Å². The number of ether oxygens (including phenoxy) is 3. The van der Waals surface area contributed by atoms with Crippen molar-refractivity contribution in [1.29, 1.82) is 0 Å². The summed E-state index contributed by atoms with van der Waals surface area (Å²) in [5.74, 6) is 1.04. The molecule has 1 aromatic carbocycles. The molecule has 0 aromatic heterocycles. The van der Waals surface area contributed by atoms with E-state index < -0.39 is 0 Å². The highest BCUT2D eigenvalue weighted by Gasteiger charge is 2.83. The Balaban J connectivity index is 1.14. The molecule has 5 fully saturated rings. The predicted octanol–water partition coefficient (Wildman–Crippen LogP) is 7.87. The average Bonchev–Trinajstić information content (AvgIpc) is 3.47. The third kappa shape index (κ3) is 4.60. The van der Waals surface area contributed by atoms with Crippen molar-refractivity contribution in [2.45, 2.75) is 98.0 Å². The lowest BCUT2D eigenvalue weighted by atomic mass is 9.43. The minimum absolute atomic E-state index is 0.0296. The van der Waals surface area contributed by atoms with Crippen molar-refractivity contribution in [3.8, 4) is 0 Å². The van der Waals surface area contributed by atoms with E-state index in [1.165, 1.54) is 26.4 Å². The first-order chi connectivity index (χ1) is 20.9. The molecule has 4 aliphatic carbocycles. The van der Waals surface area contributed by atoms with Gasteiger partial charge in [-0.05, 0) is 122 Å². The predicted molar refractivity (Wildman–Crippen MR) is 168 cm³/mol. The highest BCUT2D eigenvalue weighted by Crippen LogP contribution is 2.88. The van der Waals surface area contributed by atoms with Crippen LogP contribution in [0.1, 0.15) is 102 Å². The van der Waals surface area contributed by atoms with Crippen LogP contribution in [-0.4, -0.2) is 37.7 Å². The third-order valence-electron chi connectivity index (χ3n) is 13.7. The van der Waals surface area contributed by atoms with E-state index in [9.17, 15) is 14.4 Å². The zero-order valence-electron chi connectivity index (χ0n) is 27.3. The van der Waals surface area contributed by atoms with Crippen molar-refractivity contribution in [3.63, 3.8) is 0 Å². The van der Waals surface area contributed by atoms with Gasteiger partial charge < -0.3 is 14.2 Å². The fourth-order valence-electron chi connectivity index (χ4n) is 11.3. The molecular weight excluding hydrogens is 552 g/mol. The molecule has 1 aromatic rings. The molecule has 1 aliphatic heterocycles. The lowest BCUT2D eigenvalue weighted by Gasteiger charge is -2.61. The number of allylic oxidation sites excluding steroid dienone is 1. The van der Waals surface area contributed by atoms with E-state index in [1.54, 1.807) is 12.1 Å². The molecule has 0 bridgehead atoms. The monoisotopic (exact) mass is 602 g/mol. The standard InChI is InChI=1S/C38H50O6/c1-24(22-43-34(41)27-13-8-7-9-14-27)11-10-12-25(2)28-15-17-36(5)30-21-29-32(26(3)33(40)44-29)38(18-16-31(39)42-6)23-37(30,38)20-19-35(28,36)4/h7-9,11,13-14,25,28-30,32H,3,10,12,15-23H2,1-2,4-6H3/b24-11+/t25-,28-,29-,30+,32-,35-,36+,37+,38-/m1/s1. The van der Waals surface area contributed by atoms with Crippen LogP contribution >= 0.6 is 0 Å². The van der Waals surface area contributed by atoms with Gasteiger partial charge >= 0.3 is 17.9 Å². The van der Waals surface area contributed by atoms with E-state index in [0.29, 0.717) is 41.9 Å². The van der Waals surface area contributed by atoms with Crippen LogP contribution in [0.2, 0.25) is 0 Å². The second-order valence-electron chi connectivity index (χ2n) is 15.3. The molecule has 1 spiro atoms. The van der Waals surface area contributed by atoms with Gasteiger partial charge in [-0.1, -0.05) is 51.6 Å². The number of hydrogen-bond acceptors (Lipinski definition) is 6. The molecule has 4 saturated carbocycles. The van der Waals surface area contributed by atoms with Gasteiger partial charge in [0.2, 0.25) is 0 Å². The first-order valence-corrected chi connectivity index (χ1v) is 16.8. The topological polar surface area (TPSA) is 78.9 Å². The Kier molecular flexibility index (Phi) is 7.90. The number of fused-ring (bicyclic) bond motifs is 4. The van der Waals surface area contributed by atoms with Gasteiger partial charge in [0.25, 0.3) is 0 Å². The Labute approximate surface area is 263 Å². The normalized spacial score (nSPS) is 39.3. The van der Waals surface area contributed by atoms with Crippen LogP contribution in [0.4, 0.5) is 0 Å². The molecule has 9 atom stereocenters. The van der Waals surface area contributed by atoms with Crippen molar-refractivity contribution in [1.82, 2.24) is 0 Å². The van der Waals surface area contributed by atoms with Crippen LogP contribution in [0.3, 0.4) is 0 Å². The van der Waals surface area contributed by atoms with Gasteiger partial charge in [-0.3, -0.25) is 4.79 Å². The largest absolute Gasteiger partial charge is 0.469 e. The number of benzene rings is 1. The highest BCUT2D eigenvalue weighted by atomic mass is 16.6. The zero-order valence-corrected chi connectivity index (χ0v) is 27.3. The minimum Gasteiger partial charge on any atom is -0.469 e. The van der Waals surface area contributed by atoms with Crippen molar-refractivity contribution in [2.75, 3.05) is 13.7 Å². The number of carbonyl (C=O) groups is 3. The molecule has 44 heavy (non-hydrogen) atoms. The third-order valence-corrected chi connectivity index (χ3v) is 13.7. The van der Waals surface area contributed by atoms with Gasteiger partial charge in [-0.25, -0.2) is 9.59 Å². The lowest BCUT2D eigenvalue weighted by Crippen LogP contribution is -2.56. The Hall–Kier alpha value is -2.89. The van der Waals surface area contributed by atoms with E-state index in [4.69, 9.17) is 14.2 Å². The van der Waals surface area contributed by atoms with Crippen LogP contribution in [0.15, 0.2) is 54.1 Å². The van der Waals surface area contributed by atoms with Gasteiger partial charge in [0.1, 0.15) is 12.7 Å². The number of methoxy groups -OCH3 is 1. The number of hydrogen-bond donors (Lipinski definition) is 0. The molecule has 6 heteroatoms. The van der Waals surface area contributed by atoms with Gasteiger partial charge in [0.15, 0.2) is 0 Å². The van der Waals surface area contributed by atoms with Gasteiger partial charge in [0.05, 0.1) is 12.7 Å². The van der Waals surface area contributed by atoms with E-state index in [1.807, 2.05) is 25.1 Å².